The maximum atomic E-state index is 12.0. The summed E-state index contributed by atoms with van der Waals surface area (Å²) in [5.41, 5.74) is 2.33. The lowest BCUT2D eigenvalue weighted by Gasteiger charge is -2.38. The minimum Gasteiger partial charge on any atom is -0.463 e. The maximum absolute atomic E-state index is 12.0. The van der Waals surface area contributed by atoms with E-state index in [1.165, 1.54) is 11.6 Å². The summed E-state index contributed by atoms with van der Waals surface area (Å²) in [7, 11) is -1.94. The van der Waals surface area contributed by atoms with Crippen LogP contribution >= 0.6 is 11.6 Å². The zero-order valence-corrected chi connectivity index (χ0v) is 22.0. The Morgan fingerprint density at radius 3 is 2.42 bits per heavy atom. The Morgan fingerprint density at radius 2 is 1.87 bits per heavy atom. The standard InChI is InChI=1S/C25H40ClNO3Si/c1-8-29-24(28)15-14-23(20-30-31(6,7)25(3,4)5)27(17-16-21(2)18-26)19-22-12-10-9-11-13-22/h9-16,23H,8,17-20H2,1-7H3/b15-14+,21-16+. The summed E-state index contributed by atoms with van der Waals surface area (Å²) in [6, 6.07) is 10.3. The molecule has 0 fully saturated rings. The second-order valence-electron chi connectivity index (χ2n) is 9.35. The van der Waals surface area contributed by atoms with Crippen LogP contribution in [0.1, 0.15) is 40.2 Å². The molecule has 0 heterocycles. The lowest BCUT2D eigenvalue weighted by Crippen LogP contribution is -2.45. The summed E-state index contributed by atoms with van der Waals surface area (Å²) in [4.78, 5) is 14.3. The number of hydrogen-bond donors (Lipinski definition) is 0. The summed E-state index contributed by atoms with van der Waals surface area (Å²) in [5.74, 6) is 0.176. The molecule has 0 aliphatic rings. The fraction of sp³-hybridized carbons (Fsp3) is 0.560. The van der Waals surface area contributed by atoms with Crippen molar-refractivity contribution in [3.05, 3.63) is 59.7 Å². The molecule has 6 heteroatoms. The van der Waals surface area contributed by atoms with Gasteiger partial charge in [-0.1, -0.05) is 68.8 Å². The lowest BCUT2D eigenvalue weighted by molar-refractivity contribution is -0.137. The number of halogens is 1. The van der Waals surface area contributed by atoms with Crippen LogP contribution in [0.3, 0.4) is 0 Å². The third-order valence-corrected chi connectivity index (χ3v) is 10.7. The molecule has 0 radical (unpaired) electrons. The molecule has 0 spiro atoms. The van der Waals surface area contributed by atoms with Crippen molar-refractivity contribution >= 4 is 25.9 Å². The molecular formula is C25H40ClNO3Si. The number of esters is 1. The van der Waals surface area contributed by atoms with Crippen LogP contribution in [-0.2, 0) is 20.5 Å². The van der Waals surface area contributed by atoms with Crippen LogP contribution in [0.4, 0.5) is 0 Å². The van der Waals surface area contributed by atoms with E-state index in [2.05, 4.69) is 57.0 Å². The van der Waals surface area contributed by atoms with Gasteiger partial charge in [0.25, 0.3) is 0 Å². The summed E-state index contributed by atoms with van der Waals surface area (Å²) in [6.07, 6.45) is 5.59. The number of allylic oxidation sites excluding steroid dienone is 1. The molecule has 0 amide bonds. The second kappa shape index (κ2) is 13.2. The van der Waals surface area contributed by atoms with Crippen molar-refractivity contribution < 1.29 is 14.0 Å². The monoisotopic (exact) mass is 465 g/mol. The molecule has 1 unspecified atom stereocenters. The van der Waals surface area contributed by atoms with Gasteiger partial charge in [-0.25, -0.2) is 4.79 Å². The van der Waals surface area contributed by atoms with Crippen molar-refractivity contribution in [1.82, 2.24) is 4.90 Å². The Balaban J connectivity index is 3.18. The molecule has 1 atom stereocenters. The molecule has 1 aromatic rings. The van der Waals surface area contributed by atoms with Gasteiger partial charge in [0.15, 0.2) is 8.32 Å². The Kier molecular flexibility index (Phi) is 11.8. The number of carbonyl (C=O) groups is 1. The smallest absolute Gasteiger partial charge is 0.330 e. The van der Waals surface area contributed by atoms with Gasteiger partial charge >= 0.3 is 5.97 Å². The molecule has 0 saturated carbocycles. The first-order chi connectivity index (χ1) is 14.5. The van der Waals surface area contributed by atoms with Crippen molar-refractivity contribution in [2.75, 3.05) is 25.6 Å². The van der Waals surface area contributed by atoms with Gasteiger partial charge in [0, 0.05) is 25.0 Å². The van der Waals surface area contributed by atoms with Crippen LogP contribution in [0.25, 0.3) is 0 Å². The molecule has 0 saturated heterocycles. The zero-order chi connectivity index (χ0) is 23.5. The van der Waals surface area contributed by atoms with Gasteiger partial charge in [-0.05, 0) is 37.5 Å². The van der Waals surface area contributed by atoms with Gasteiger partial charge in [-0.2, -0.15) is 0 Å². The molecular weight excluding hydrogens is 426 g/mol. The average molecular weight is 466 g/mol. The molecule has 174 valence electrons. The summed E-state index contributed by atoms with van der Waals surface area (Å²) < 4.78 is 11.6. The van der Waals surface area contributed by atoms with Crippen LogP contribution in [0.5, 0.6) is 0 Å². The molecule has 0 N–H and O–H groups in total. The molecule has 0 aliphatic heterocycles. The van der Waals surface area contributed by atoms with Crippen molar-refractivity contribution in [1.29, 1.82) is 0 Å². The molecule has 0 bridgehead atoms. The quantitative estimate of drug-likeness (QED) is 0.121. The summed E-state index contributed by atoms with van der Waals surface area (Å²) in [5, 5.41) is 0.113. The van der Waals surface area contributed by atoms with Crippen LogP contribution < -0.4 is 0 Å². The van der Waals surface area contributed by atoms with E-state index in [4.69, 9.17) is 20.8 Å². The number of carbonyl (C=O) groups excluding carboxylic acids is 1. The highest BCUT2D eigenvalue weighted by Crippen LogP contribution is 2.36. The third kappa shape index (κ3) is 10.2. The first-order valence-electron chi connectivity index (χ1n) is 11.0. The maximum Gasteiger partial charge on any atom is 0.330 e. The highest BCUT2D eigenvalue weighted by atomic mass is 35.5. The van der Waals surface area contributed by atoms with E-state index >= 15 is 0 Å². The normalized spacial score (nSPS) is 14.3. The van der Waals surface area contributed by atoms with E-state index in [1.807, 2.05) is 38.1 Å². The first kappa shape index (κ1) is 27.6. The predicted octanol–water partition coefficient (Wildman–Crippen LogP) is 6.18. The minimum atomic E-state index is -1.94. The predicted molar refractivity (Wildman–Crippen MR) is 134 cm³/mol. The van der Waals surface area contributed by atoms with Gasteiger partial charge in [-0.15, -0.1) is 11.6 Å². The van der Waals surface area contributed by atoms with Crippen molar-refractivity contribution in [3.8, 4) is 0 Å². The summed E-state index contributed by atoms with van der Waals surface area (Å²) >= 11 is 6.00. The lowest BCUT2D eigenvalue weighted by atomic mass is 10.1. The molecule has 1 rings (SSSR count). The van der Waals surface area contributed by atoms with Gasteiger partial charge in [0.1, 0.15) is 0 Å². The molecule has 0 aromatic heterocycles. The average Bonchev–Trinajstić information content (AvgIpc) is 2.71. The van der Waals surface area contributed by atoms with Gasteiger partial charge in [0.05, 0.1) is 19.3 Å². The zero-order valence-electron chi connectivity index (χ0n) is 20.3. The molecule has 31 heavy (non-hydrogen) atoms. The Labute approximate surface area is 195 Å². The number of rotatable bonds is 12. The fourth-order valence-electron chi connectivity index (χ4n) is 2.64. The van der Waals surface area contributed by atoms with E-state index in [1.54, 1.807) is 0 Å². The SMILES string of the molecule is CCOC(=O)/C=C/C(CO[Si](C)(C)C(C)(C)C)N(C/C=C(\C)CCl)Cc1ccccc1. The minimum absolute atomic E-state index is 0.0712. The Bertz CT molecular complexity index is 726. The van der Waals surface area contributed by atoms with E-state index < -0.39 is 8.32 Å². The van der Waals surface area contributed by atoms with E-state index in [-0.39, 0.29) is 17.0 Å². The van der Waals surface area contributed by atoms with Crippen molar-refractivity contribution in [3.63, 3.8) is 0 Å². The van der Waals surface area contributed by atoms with E-state index in [0.29, 0.717) is 25.6 Å². The number of nitrogens with zero attached hydrogens (tertiary/aromatic N) is 1. The highest BCUT2D eigenvalue weighted by molar-refractivity contribution is 6.74. The van der Waals surface area contributed by atoms with Gasteiger partial charge < -0.3 is 9.16 Å². The van der Waals surface area contributed by atoms with Crippen LogP contribution in [0, 0.1) is 0 Å². The van der Waals surface area contributed by atoms with Gasteiger partial charge in [-0.3, -0.25) is 4.90 Å². The van der Waals surface area contributed by atoms with Crippen LogP contribution in [0.15, 0.2) is 54.1 Å². The first-order valence-corrected chi connectivity index (χ1v) is 14.4. The third-order valence-electron chi connectivity index (χ3n) is 5.74. The topological polar surface area (TPSA) is 38.8 Å². The van der Waals surface area contributed by atoms with Crippen LogP contribution in [-0.4, -0.2) is 50.9 Å². The largest absolute Gasteiger partial charge is 0.463 e. The van der Waals surface area contributed by atoms with Crippen molar-refractivity contribution in [2.45, 2.75) is 65.3 Å². The molecule has 1 aromatic carbocycles. The summed E-state index contributed by atoms with van der Waals surface area (Å²) in [6.45, 7) is 17.4. The number of alkyl halides is 1. The number of hydrogen-bond acceptors (Lipinski definition) is 4. The van der Waals surface area contributed by atoms with Gasteiger partial charge in [0.2, 0.25) is 0 Å². The Morgan fingerprint density at radius 1 is 1.23 bits per heavy atom. The highest BCUT2D eigenvalue weighted by Gasteiger charge is 2.37. The fourth-order valence-corrected chi connectivity index (χ4v) is 3.77. The molecule has 0 aliphatic carbocycles. The van der Waals surface area contributed by atoms with Crippen molar-refractivity contribution in [2.24, 2.45) is 0 Å². The molecule has 4 nitrogen and oxygen atoms in total. The van der Waals surface area contributed by atoms with Crippen LogP contribution in [0.2, 0.25) is 18.1 Å². The second-order valence-corrected chi connectivity index (χ2v) is 14.4. The van der Waals surface area contributed by atoms with E-state index in [9.17, 15) is 4.79 Å². The number of benzene rings is 1. The van der Waals surface area contributed by atoms with E-state index in [0.717, 1.165) is 12.1 Å². The Hall–Kier alpha value is -1.40. The number of ether oxygens (including phenoxy) is 1.